The summed E-state index contributed by atoms with van der Waals surface area (Å²) in [7, 11) is 0. The molecule has 9 heteroatoms. The van der Waals surface area contributed by atoms with Crippen molar-refractivity contribution in [1.29, 1.82) is 0 Å². The number of hydrogen-bond donors (Lipinski definition) is 2. The molecule has 7 nitrogen and oxygen atoms in total. The van der Waals surface area contributed by atoms with E-state index in [0.29, 0.717) is 35.4 Å². The number of ketones is 1. The van der Waals surface area contributed by atoms with Gasteiger partial charge in [-0.2, -0.15) is 0 Å². The average Bonchev–Trinajstić information content (AvgIpc) is 2.89. The first kappa shape index (κ1) is 22.7. The standard InChI is InChI=1S/C26H20F2N4O3/c27-19-10-17(14-1-3-15(4-2-14)26(29)34)9-18(24(19)28)25(33)16-5-6-20-21(11-16)31-12-22(32-20)23-13-30-7-8-35-23/h1-6,9-12,23,30H,7-8,13H2,(H2,29,34). The van der Waals surface area contributed by atoms with Gasteiger partial charge >= 0.3 is 0 Å². The minimum Gasteiger partial charge on any atom is -0.369 e. The number of hydrogen-bond acceptors (Lipinski definition) is 6. The van der Waals surface area contributed by atoms with Crippen molar-refractivity contribution >= 4 is 22.7 Å². The molecule has 1 unspecified atom stereocenters. The number of primary amides is 1. The molecule has 1 aliphatic heterocycles. The predicted molar refractivity (Wildman–Crippen MR) is 125 cm³/mol. The Labute approximate surface area is 199 Å². The molecule has 176 valence electrons. The summed E-state index contributed by atoms with van der Waals surface area (Å²) >= 11 is 0. The van der Waals surface area contributed by atoms with E-state index in [2.05, 4.69) is 15.3 Å². The van der Waals surface area contributed by atoms with Crippen LogP contribution < -0.4 is 11.1 Å². The third-order valence-corrected chi connectivity index (χ3v) is 5.86. The molecule has 0 spiro atoms. The summed E-state index contributed by atoms with van der Waals surface area (Å²) in [6, 6.07) is 13.0. The summed E-state index contributed by atoms with van der Waals surface area (Å²) < 4.78 is 34.8. The third kappa shape index (κ3) is 4.51. The maximum absolute atomic E-state index is 14.7. The fraction of sp³-hybridized carbons (Fsp3) is 0.154. The number of morpholine rings is 1. The number of fused-ring (bicyclic) bond motifs is 1. The van der Waals surface area contributed by atoms with Crippen LogP contribution in [0.3, 0.4) is 0 Å². The predicted octanol–water partition coefficient (Wildman–Crippen LogP) is 3.57. The largest absolute Gasteiger partial charge is 0.369 e. The third-order valence-electron chi connectivity index (χ3n) is 5.86. The number of amides is 1. The van der Waals surface area contributed by atoms with Gasteiger partial charge in [-0.15, -0.1) is 0 Å². The van der Waals surface area contributed by atoms with E-state index in [4.69, 9.17) is 10.5 Å². The fourth-order valence-corrected chi connectivity index (χ4v) is 3.98. The number of carbonyl (C=O) groups excluding carboxylic acids is 2. The van der Waals surface area contributed by atoms with Crippen LogP contribution >= 0.6 is 0 Å². The summed E-state index contributed by atoms with van der Waals surface area (Å²) in [5, 5.41) is 3.23. The van der Waals surface area contributed by atoms with Gasteiger partial charge in [0, 0.05) is 24.2 Å². The first-order chi connectivity index (χ1) is 16.9. The zero-order valence-electron chi connectivity index (χ0n) is 18.4. The summed E-state index contributed by atoms with van der Waals surface area (Å²) in [5.74, 6) is -3.69. The number of carbonyl (C=O) groups is 2. The Morgan fingerprint density at radius 3 is 2.46 bits per heavy atom. The van der Waals surface area contributed by atoms with Crippen LogP contribution in [-0.4, -0.2) is 41.4 Å². The van der Waals surface area contributed by atoms with E-state index in [1.54, 1.807) is 24.4 Å². The van der Waals surface area contributed by atoms with Crippen molar-refractivity contribution in [3.63, 3.8) is 0 Å². The second-order valence-corrected chi connectivity index (χ2v) is 8.15. The molecule has 3 aromatic carbocycles. The van der Waals surface area contributed by atoms with Gasteiger partial charge in [0.2, 0.25) is 5.91 Å². The number of nitrogens with one attached hydrogen (secondary N) is 1. The van der Waals surface area contributed by atoms with Crippen LogP contribution in [0, 0.1) is 11.6 Å². The van der Waals surface area contributed by atoms with Crippen LogP contribution in [0.1, 0.15) is 38.1 Å². The van der Waals surface area contributed by atoms with Gasteiger partial charge in [-0.25, -0.2) is 13.8 Å². The zero-order valence-corrected chi connectivity index (χ0v) is 18.4. The quantitative estimate of drug-likeness (QED) is 0.429. The molecular weight excluding hydrogens is 454 g/mol. The van der Waals surface area contributed by atoms with Gasteiger partial charge in [-0.3, -0.25) is 14.6 Å². The first-order valence-corrected chi connectivity index (χ1v) is 10.9. The summed E-state index contributed by atoms with van der Waals surface area (Å²) in [6.07, 6.45) is 1.38. The second-order valence-electron chi connectivity index (χ2n) is 8.15. The lowest BCUT2D eigenvalue weighted by Gasteiger charge is -2.22. The number of rotatable bonds is 5. The minimum absolute atomic E-state index is 0.148. The monoisotopic (exact) mass is 474 g/mol. The van der Waals surface area contributed by atoms with E-state index in [9.17, 15) is 18.4 Å². The Morgan fingerprint density at radius 1 is 0.971 bits per heavy atom. The molecule has 4 aromatic rings. The van der Waals surface area contributed by atoms with Gasteiger partial charge in [0.1, 0.15) is 6.10 Å². The van der Waals surface area contributed by atoms with Crippen molar-refractivity contribution in [2.24, 2.45) is 5.73 Å². The molecule has 0 saturated carbocycles. The number of ether oxygens (including phenoxy) is 1. The summed E-state index contributed by atoms with van der Waals surface area (Å²) in [6.45, 7) is 1.98. The van der Waals surface area contributed by atoms with Gasteiger partial charge in [-0.05, 0) is 53.6 Å². The molecule has 5 rings (SSSR count). The molecule has 1 atom stereocenters. The van der Waals surface area contributed by atoms with Crippen LogP contribution in [0.5, 0.6) is 0 Å². The number of benzene rings is 3. The topological polar surface area (TPSA) is 107 Å². The molecule has 1 amide bonds. The Bertz CT molecular complexity index is 1450. The van der Waals surface area contributed by atoms with Crippen LogP contribution in [-0.2, 0) is 4.74 Å². The van der Waals surface area contributed by atoms with E-state index >= 15 is 0 Å². The molecule has 3 N–H and O–H groups in total. The van der Waals surface area contributed by atoms with Crippen molar-refractivity contribution in [2.75, 3.05) is 19.7 Å². The normalized spacial score (nSPS) is 15.8. The molecule has 0 aliphatic carbocycles. The lowest BCUT2D eigenvalue weighted by molar-refractivity contribution is 0.0250. The lowest BCUT2D eigenvalue weighted by atomic mass is 9.96. The lowest BCUT2D eigenvalue weighted by Crippen LogP contribution is -2.33. The molecule has 1 fully saturated rings. The van der Waals surface area contributed by atoms with Crippen molar-refractivity contribution < 1.29 is 23.1 Å². The Morgan fingerprint density at radius 2 is 1.74 bits per heavy atom. The van der Waals surface area contributed by atoms with Crippen LogP contribution in [0.4, 0.5) is 8.78 Å². The van der Waals surface area contributed by atoms with E-state index < -0.39 is 28.9 Å². The molecule has 35 heavy (non-hydrogen) atoms. The van der Waals surface area contributed by atoms with Crippen LogP contribution in [0.15, 0.2) is 60.8 Å². The highest BCUT2D eigenvalue weighted by molar-refractivity contribution is 6.11. The van der Waals surface area contributed by atoms with E-state index in [-0.39, 0.29) is 22.8 Å². The molecule has 1 aromatic heterocycles. The van der Waals surface area contributed by atoms with Crippen molar-refractivity contribution in [1.82, 2.24) is 15.3 Å². The Balaban J connectivity index is 1.48. The van der Waals surface area contributed by atoms with Crippen molar-refractivity contribution in [3.8, 4) is 11.1 Å². The summed E-state index contributed by atoms with van der Waals surface area (Å²) in [5.41, 5.74) is 7.73. The summed E-state index contributed by atoms with van der Waals surface area (Å²) in [4.78, 5) is 33.4. The van der Waals surface area contributed by atoms with Crippen molar-refractivity contribution in [3.05, 3.63) is 94.8 Å². The molecule has 0 bridgehead atoms. The maximum atomic E-state index is 14.7. The first-order valence-electron chi connectivity index (χ1n) is 10.9. The Kier molecular flexibility index (Phi) is 6.02. The zero-order chi connectivity index (χ0) is 24.5. The minimum atomic E-state index is -1.24. The van der Waals surface area contributed by atoms with Gasteiger partial charge < -0.3 is 15.8 Å². The van der Waals surface area contributed by atoms with E-state index in [1.165, 1.54) is 30.3 Å². The number of halogens is 2. The SMILES string of the molecule is NC(=O)c1ccc(-c2cc(F)c(F)c(C(=O)c3ccc4nc(C5CNCCO5)cnc4c3)c2)cc1. The smallest absolute Gasteiger partial charge is 0.248 e. The van der Waals surface area contributed by atoms with E-state index in [0.717, 1.165) is 12.6 Å². The van der Waals surface area contributed by atoms with Gasteiger partial charge in [-0.1, -0.05) is 12.1 Å². The number of nitrogens with two attached hydrogens (primary N) is 1. The molecule has 0 radical (unpaired) electrons. The highest BCUT2D eigenvalue weighted by atomic mass is 19.2. The highest BCUT2D eigenvalue weighted by Gasteiger charge is 2.21. The van der Waals surface area contributed by atoms with Crippen LogP contribution in [0.25, 0.3) is 22.2 Å². The molecule has 2 heterocycles. The number of nitrogens with zero attached hydrogens (tertiary/aromatic N) is 2. The molecule has 1 aliphatic rings. The van der Waals surface area contributed by atoms with Gasteiger partial charge in [0.15, 0.2) is 17.4 Å². The molecule has 1 saturated heterocycles. The fourth-order valence-electron chi connectivity index (χ4n) is 3.98. The number of aromatic nitrogens is 2. The van der Waals surface area contributed by atoms with E-state index in [1.807, 2.05) is 0 Å². The Hall–Kier alpha value is -4.08. The van der Waals surface area contributed by atoms with Gasteiger partial charge in [0.05, 0.1) is 35.1 Å². The highest BCUT2D eigenvalue weighted by Crippen LogP contribution is 2.27. The van der Waals surface area contributed by atoms with Crippen molar-refractivity contribution in [2.45, 2.75) is 6.10 Å². The van der Waals surface area contributed by atoms with Crippen LogP contribution in [0.2, 0.25) is 0 Å². The maximum Gasteiger partial charge on any atom is 0.248 e. The molecular formula is C26H20F2N4O3. The van der Waals surface area contributed by atoms with Gasteiger partial charge in [0.25, 0.3) is 0 Å². The second kappa shape index (κ2) is 9.28. The average molecular weight is 474 g/mol.